The molecule has 0 aromatic carbocycles. The molecule has 0 bridgehead atoms. The highest BCUT2D eigenvalue weighted by molar-refractivity contribution is 8.00. The highest BCUT2D eigenvalue weighted by Gasteiger charge is 2.26. The second-order valence-electron chi connectivity index (χ2n) is 4.45. The van der Waals surface area contributed by atoms with E-state index < -0.39 is 5.97 Å². The molecule has 1 unspecified atom stereocenters. The molecule has 2 saturated heterocycles. The van der Waals surface area contributed by atoms with Crippen LogP contribution in [0.2, 0.25) is 0 Å². The van der Waals surface area contributed by atoms with Crippen LogP contribution in [0.4, 0.5) is 0 Å². The van der Waals surface area contributed by atoms with Crippen LogP contribution in [-0.2, 0) is 9.53 Å². The number of ether oxygens (including phenoxy) is 1. The highest BCUT2D eigenvalue weighted by atomic mass is 32.2. The molecular weight excluding hydrogens is 240 g/mol. The minimum absolute atomic E-state index is 0.242. The van der Waals surface area contributed by atoms with Crippen molar-refractivity contribution >= 4 is 17.7 Å². The first-order valence-corrected chi connectivity index (χ1v) is 7.17. The summed E-state index contributed by atoms with van der Waals surface area (Å²) in [7, 11) is 0. The van der Waals surface area contributed by atoms with E-state index in [2.05, 4.69) is 9.80 Å². The van der Waals surface area contributed by atoms with E-state index in [1.807, 2.05) is 0 Å². The van der Waals surface area contributed by atoms with Gasteiger partial charge in [0.15, 0.2) is 0 Å². The lowest BCUT2D eigenvalue weighted by Gasteiger charge is -2.33. The van der Waals surface area contributed by atoms with Gasteiger partial charge in [-0.05, 0) is 0 Å². The maximum Gasteiger partial charge on any atom is 0.317 e. The lowest BCUT2D eigenvalue weighted by atomic mass is 10.3. The third-order valence-electron chi connectivity index (χ3n) is 3.26. The second-order valence-corrected chi connectivity index (χ2v) is 5.76. The smallest absolute Gasteiger partial charge is 0.317 e. The number of rotatable bonds is 4. The lowest BCUT2D eigenvalue weighted by molar-refractivity contribution is -0.136. The van der Waals surface area contributed by atoms with E-state index in [4.69, 9.17) is 9.84 Å². The van der Waals surface area contributed by atoms with Crippen LogP contribution in [0.3, 0.4) is 0 Å². The Labute approximate surface area is 106 Å². The summed E-state index contributed by atoms with van der Waals surface area (Å²) < 4.78 is 5.30. The summed E-state index contributed by atoms with van der Waals surface area (Å²) in [6, 6.07) is 0. The Morgan fingerprint density at radius 3 is 2.65 bits per heavy atom. The van der Waals surface area contributed by atoms with Crippen LogP contribution in [0.1, 0.15) is 0 Å². The van der Waals surface area contributed by atoms with Crippen LogP contribution in [0.5, 0.6) is 0 Å². The van der Waals surface area contributed by atoms with E-state index in [9.17, 15) is 4.79 Å². The molecule has 2 aliphatic heterocycles. The molecule has 2 aliphatic rings. The monoisotopic (exact) mass is 260 g/mol. The highest BCUT2D eigenvalue weighted by Crippen LogP contribution is 2.18. The number of carbonyl (C=O) groups is 1. The van der Waals surface area contributed by atoms with Crippen molar-refractivity contribution in [2.75, 3.05) is 58.2 Å². The fraction of sp³-hybridized carbons (Fsp3) is 0.909. The van der Waals surface area contributed by atoms with Crippen LogP contribution in [-0.4, -0.2) is 84.4 Å². The topological polar surface area (TPSA) is 53.0 Å². The number of hydrogen-bond acceptors (Lipinski definition) is 5. The molecule has 1 N–H and O–H groups in total. The first-order valence-electron chi connectivity index (χ1n) is 6.12. The van der Waals surface area contributed by atoms with Gasteiger partial charge in [0, 0.05) is 45.0 Å². The van der Waals surface area contributed by atoms with Gasteiger partial charge in [-0.15, -0.1) is 11.8 Å². The molecule has 0 amide bonds. The summed E-state index contributed by atoms with van der Waals surface area (Å²) in [5.74, 6) is 0.256. The van der Waals surface area contributed by atoms with Crippen molar-refractivity contribution in [1.29, 1.82) is 0 Å². The number of thioether (sulfide) groups is 1. The molecule has 98 valence electrons. The van der Waals surface area contributed by atoms with Gasteiger partial charge in [0.05, 0.1) is 13.2 Å². The first-order chi connectivity index (χ1) is 8.25. The van der Waals surface area contributed by atoms with Gasteiger partial charge in [0.2, 0.25) is 0 Å². The Balaban J connectivity index is 1.69. The van der Waals surface area contributed by atoms with Gasteiger partial charge in [-0.1, -0.05) is 0 Å². The van der Waals surface area contributed by atoms with Crippen molar-refractivity contribution in [2.45, 2.75) is 5.25 Å². The number of carboxylic acid groups (broad SMARTS) is 1. The minimum Gasteiger partial charge on any atom is -0.480 e. The molecule has 0 aliphatic carbocycles. The quantitative estimate of drug-likeness (QED) is 0.757. The Bertz CT molecular complexity index is 259. The van der Waals surface area contributed by atoms with E-state index in [0.29, 0.717) is 6.54 Å². The Morgan fingerprint density at radius 2 is 1.94 bits per heavy atom. The zero-order valence-corrected chi connectivity index (χ0v) is 10.8. The van der Waals surface area contributed by atoms with E-state index >= 15 is 0 Å². The maximum absolute atomic E-state index is 10.9. The number of carboxylic acids is 1. The third kappa shape index (κ3) is 4.13. The fourth-order valence-corrected chi connectivity index (χ4v) is 3.27. The third-order valence-corrected chi connectivity index (χ3v) is 4.43. The Morgan fingerprint density at radius 1 is 1.24 bits per heavy atom. The van der Waals surface area contributed by atoms with E-state index in [1.165, 1.54) is 0 Å². The summed E-state index contributed by atoms with van der Waals surface area (Å²) in [5, 5.41) is 8.76. The minimum atomic E-state index is -0.675. The molecule has 0 spiro atoms. The molecule has 2 fully saturated rings. The number of aliphatic carboxylic acids is 1. The summed E-state index contributed by atoms with van der Waals surface area (Å²) in [6.07, 6.45) is 0. The zero-order valence-electron chi connectivity index (χ0n) is 10.0. The molecule has 2 rings (SSSR count). The molecule has 0 saturated carbocycles. The van der Waals surface area contributed by atoms with E-state index in [1.54, 1.807) is 11.8 Å². The number of nitrogens with zero attached hydrogens (tertiary/aromatic N) is 2. The average Bonchev–Trinajstić information content (AvgIpc) is 2.38. The van der Waals surface area contributed by atoms with Crippen molar-refractivity contribution in [2.24, 2.45) is 0 Å². The number of hydrogen-bond donors (Lipinski definition) is 1. The van der Waals surface area contributed by atoms with Gasteiger partial charge < -0.3 is 9.84 Å². The summed E-state index contributed by atoms with van der Waals surface area (Å²) in [5.41, 5.74) is 0. The standard InChI is InChI=1S/C11H20N2O3S/c14-11(15)10-9-13(5-8-17-10)2-1-12-3-6-16-7-4-12/h10H,1-9H2,(H,14,15). The van der Waals surface area contributed by atoms with Crippen molar-refractivity contribution in [3.8, 4) is 0 Å². The van der Waals surface area contributed by atoms with Crippen LogP contribution >= 0.6 is 11.8 Å². The molecule has 17 heavy (non-hydrogen) atoms. The summed E-state index contributed by atoms with van der Waals surface area (Å²) in [6.45, 7) is 7.37. The molecule has 2 heterocycles. The van der Waals surface area contributed by atoms with Crippen LogP contribution < -0.4 is 0 Å². The summed E-state index contributed by atoms with van der Waals surface area (Å²) >= 11 is 1.56. The van der Waals surface area contributed by atoms with Crippen LogP contribution in [0.15, 0.2) is 0 Å². The fourth-order valence-electron chi connectivity index (χ4n) is 2.16. The van der Waals surface area contributed by atoms with Gasteiger partial charge >= 0.3 is 5.97 Å². The van der Waals surface area contributed by atoms with E-state index in [-0.39, 0.29) is 5.25 Å². The van der Waals surface area contributed by atoms with Gasteiger partial charge in [-0.2, -0.15) is 0 Å². The van der Waals surface area contributed by atoms with Crippen molar-refractivity contribution in [3.05, 3.63) is 0 Å². The molecule has 6 heteroatoms. The van der Waals surface area contributed by atoms with Crippen molar-refractivity contribution in [3.63, 3.8) is 0 Å². The van der Waals surface area contributed by atoms with Gasteiger partial charge in [-0.25, -0.2) is 0 Å². The van der Waals surface area contributed by atoms with Crippen molar-refractivity contribution < 1.29 is 14.6 Å². The first kappa shape index (κ1) is 13.1. The van der Waals surface area contributed by atoms with Gasteiger partial charge in [0.25, 0.3) is 0 Å². The molecule has 5 nitrogen and oxygen atoms in total. The van der Waals surface area contributed by atoms with Crippen molar-refractivity contribution in [1.82, 2.24) is 9.80 Å². The summed E-state index contributed by atoms with van der Waals surface area (Å²) in [4.78, 5) is 15.6. The van der Waals surface area contributed by atoms with Crippen LogP contribution in [0, 0.1) is 0 Å². The predicted molar refractivity (Wildman–Crippen MR) is 67.6 cm³/mol. The SMILES string of the molecule is O=C(O)C1CN(CCN2CCOCC2)CCS1. The van der Waals surface area contributed by atoms with E-state index in [0.717, 1.165) is 51.7 Å². The van der Waals surface area contributed by atoms with Gasteiger partial charge in [-0.3, -0.25) is 14.6 Å². The molecule has 0 aromatic rings. The number of morpholine rings is 1. The largest absolute Gasteiger partial charge is 0.480 e. The zero-order chi connectivity index (χ0) is 12.1. The molecular formula is C11H20N2O3S. The molecule has 1 atom stereocenters. The Kier molecular flexibility index (Phi) is 5.09. The Hall–Kier alpha value is -0.300. The predicted octanol–water partition coefficient (Wildman–Crippen LogP) is -0.179. The van der Waals surface area contributed by atoms with Crippen LogP contribution in [0.25, 0.3) is 0 Å². The molecule has 0 aromatic heterocycles. The lowest BCUT2D eigenvalue weighted by Crippen LogP contribution is -2.46. The second kappa shape index (κ2) is 6.58. The maximum atomic E-state index is 10.9. The van der Waals surface area contributed by atoms with Gasteiger partial charge in [0.1, 0.15) is 5.25 Å². The average molecular weight is 260 g/mol. The molecule has 0 radical (unpaired) electrons. The normalized spacial score (nSPS) is 28.1.